The number of fused-ring (bicyclic) bond motifs is 1. The fourth-order valence-corrected chi connectivity index (χ4v) is 3.75. The second-order valence-electron chi connectivity index (χ2n) is 7.20. The molecule has 4 rings (SSSR count). The number of imidazole rings is 1. The van der Waals surface area contributed by atoms with Crippen molar-refractivity contribution in [2.75, 3.05) is 11.9 Å². The van der Waals surface area contributed by atoms with E-state index in [0.717, 1.165) is 10.0 Å². The zero-order valence-electron chi connectivity index (χ0n) is 16.6. The minimum absolute atomic E-state index is 0.248. The third-order valence-electron chi connectivity index (χ3n) is 5.02. The third-order valence-corrected chi connectivity index (χ3v) is 5.51. The summed E-state index contributed by atoms with van der Waals surface area (Å²) in [5.41, 5.74) is 2.00. The lowest BCUT2D eigenvalue weighted by atomic mass is 10.1. The Hall–Kier alpha value is -3.13. The Morgan fingerprint density at radius 2 is 2.00 bits per heavy atom. The number of ether oxygens (including phenoxy) is 1. The van der Waals surface area contributed by atoms with Crippen LogP contribution in [0.4, 0.5) is 5.69 Å². The molecule has 1 aliphatic rings. The van der Waals surface area contributed by atoms with E-state index in [-0.39, 0.29) is 11.6 Å². The standard InChI is InChI=1S/C22H21BrN4O3/c1-14-20(22(29)26(2)18-10-16(23)8-9-19(18)30-14)25-21(28)17-12-27(13-24-17)11-15-6-4-3-5-7-15/h3-10,12-14,20H,11H2,1-2H3,(H,25,28)/t14-,20+/m1/s1. The molecule has 0 bridgehead atoms. The van der Waals surface area contributed by atoms with Gasteiger partial charge in [0.25, 0.3) is 11.8 Å². The molecular weight excluding hydrogens is 448 g/mol. The van der Waals surface area contributed by atoms with Crippen molar-refractivity contribution in [2.24, 2.45) is 0 Å². The van der Waals surface area contributed by atoms with E-state index >= 15 is 0 Å². The number of benzene rings is 2. The van der Waals surface area contributed by atoms with E-state index in [4.69, 9.17) is 4.74 Å². The lowest BCUT2D eigenvalue weighted by molar-refractivity contribution is -0.121. The molecule has 2 amide bonds. The maximum absolute atomic E-state index is 13.0. The van der Waals surface area contributed by atoms with Gasteiger partial charge in [0.15, 0.2) is 0 Å². The number of likely N-dealkylation sites (N-methyl/N-ethyl adjacent to an activating group) is 1. The Morgan fingerprint density at radius 1 is 1.23 bits per heavy atom. The van der Waals surface area contributed by atoms with Crippen LogP contribution in [0.15, 0.2) is 65.5 Å². The highest BCUT2D eigenvalue weighted by Gasteiger charge is 2.36. The van der Waals surface area contributed by atoms with Crippen LogP contribution in [0.1, 0.15) is 23.0 Å². The number of hydrogen-bond donors (Lipinski definition) is 1. The maximum Gasteiger partial charge on any atom is 0.272 e. The molecule has 0 spiro atoms. The summed E-state index contributed by atoms with van der Waals surface area (Å²) < 4.78 is 8.63. The smallest absolute Gasteiger partial charge is 0.272 e. The summed E-state index contributed by atoms with van der Waals surface area (Å²) in [4.78, 5) is 31.5. The van der Waals surface area contributed by atoms with Gasteiger partial charge < -0.3 is 19.5 Å². The molecule has 8 heteroatoms. The van der Waals surface area contributed by atoms with Crippen molar-refractivity contribution >= 4 is 33.4 Å². The summed E-state index contributed by atoms with van der Waals surface area (Å²) in [6.07, 6.45) is 2.73. The highest BCUT2D eigenvalue weighted by Crippen LogP contribution is 2.34. The molecule has 1 N–H and O–H groups in total. The Balaban J connectivity index is 1.50. The van der Waals surface area contributed by atoms with Crippen LogP contribution in [0.3, 0.4) is 0 Å². The summed E-state index contributed by atoms with van der Waals surface area (Å²) in [6.45, 7) is 2.37. The second kappa shape index (κ2) is 8.31. The zero-order chi connectivity index (χ0) is 21.3. The van der Waals surface area contributed by atoms with Gasteiger partial charge in [-0.15, -0.1) is 0 Å². The van der Waals surface area contributed by atoms with Crippen molar-refractivity contribution in [2.45, 2.75) is 25.6 Å². The number of halogens is 1. The molecule has 0 aliphatic carbocycles. The van der Waals surface area contributed by atoms with Gasteiger partial charge in [0, 0.05) is 24.3 Å². The maximum atomic E-state index is 13.0. The number of carbonyl (C=O) groups is 2. The molecule has 30 heavy (non-hydrogen) atoms. The number of carbonyl (C=O) groups excluding carboxylic acids is 2. The molecule has 2 aromatic carbocycles. The predicted octanol–water partition coefficient (Wildman–Crippen LogP) is 3.24. The van der Waals surface area contributed by atoms with E-state index in [2.05, 4.69) is 26.2 Å². The van der Waals surface area contributed by atoms with Gasteiger partial charge in [-0.1, -0.05) is 46.3 Å². The molecule has 1 aliphatic heterocycles. The molecule has 0 unspecified atom stereocenters. The van der Waals surface area contributed by atoms with Crippen molar-refractivity contribution in [1.82, 2.24) is 14.9 Å². The first-order valence-corrected chi connectivity index (χ1v) is 10.3. The van der Waals surface area contributed by atoms with Crippen LogP contribution in [-0.4, -0.2) is 40.6 Å². The number of amides is 2. The van der Waals surface area contributed by atoms with Gasteiger partial charge in [0.05, 0.1) is 12.0 Å². The molecule has 2 atom stereocenters. The first-order chi connectivity index (χ1) is 14.4. The Kier molecular flexibility index (Phi) is 5.59. The van der Waals surface area contributed by atoms with E-state index in [1.165, 1.54) is 4.90 Å². The van der Waals surface area contributed by atoms with Gasteiger partial charge in [-0.2, -0.15) is 0 Å². The minimum Gasteiger partial charge on any atom is -0.486 e. The number of nitrogens with one attached hydrogen (secondary N) is 1. The van der Waals surface area contributed by atoms with Crippen LogP contribution >= 0.6 is 15.9 Å². The topological polar surface area (TPSA) is 76.5 Å². The lowest BCUT2D eigenvalue weighted by Gasteiger charge is -2.23. The number of nitrogens with zero attached hydrogens (tertiary/aromatic N) is 3. The Labute approximate surface area is 182 Å². The van der Waals surface area contributed by atoms with E-state index in [9.17, 15) is 9.59 Å². The highest BCUT2D eigenvalue weighted by atomic mass is 79.9. The average molecular weight is 469 g/mol. The van der Waals surface area contributed by atoms with Gasteiger partial charge in [0.2, 0.25) is 0 Å². The summed E-state index contributed by atoms with van der Waals surface area (Å²) in [5, 5.41) is 2.79. The van der Waals surface area contributed by atoms with Crippen molar-refractivity contribution < 1.29 is 14.3 Å². The summed E-state index contributed by atoms with van der Waals surface area (Å²) in [5.74, 6) is -0.0852. The largest absolute Gasteiger partial charge is 0.486 e. The molecule has 1 aromatic heterocycles. The van der Waals surface area contributed by atoms with Gasteiger partial charge in [-0.25, -0.2) is 4.98 Å². The zero-order valence-corrected chi connectivity index (χ0v) is 18.2. The summed E-state index contributed by atoms with van der Waals surface area (Å²) >= 11 is 3.42. The predicted molar refractivity (Wildman–Crippen MR) is 117 cm³/mol. The van der Waals surface area contributed by atoms with Crippen LogP contribution in [-0.2, 0) is 11.3 Å². The number of anilines is 1. The van der Waals surface area contributed by atoms with Gasteiger partial charge in [0.1, 0.15) is 23.6 Å². The fourth-order valence-electron chi connectivity index (χ4n) is 3.40. The molecule has 154 valence electrons. The Morgan fingerprint density at radius 3 is 2.77 bits per heavy atom. The number of aromatic nitrogens is 2. The van der Waals surface area contributed by atoms with Crippen LogP contribution in [0.5, 0.6) is 5.75 Å². The van der Waals surface area contributed by atoms with E-state index in [0.29, 0.717) is 18.0 Å². The second-order valence-corrected chi connectivity index (χ2v) is 8.12. The van der Waals surface area contributed by atoms with Crippen molar-refractivity contribution in [3.8, 4) is 5.75 Å². The SMILES string of the molecule is C[C@H]1Oc2ccc(Br)cc2N(C)C(=O)[C@H]1NC(=O)c1cn(Cc2ccccc2)cn1. The lowest BCUT2D eigenvalue weighted by Crippen LogP contribution is -2.53. The molecule has 0 saturated heterocycles. The molecule has 2 heterocycles. The van der Waals surface area contributed by atoms with Crippen LogP contribution in [0.25, 0.3) is 0 Å². The molecule has 0 saturated carbocycles. The van der Waals surface area contributed by atoms with Gasteiger partial charge in [-0.05, 0) is 30.7 Å². The van der Waals surface area contributed by atoms with Crippen molar-refractivity contribution in [1.29, 1.82) is 0 Å². The average Bonchev–Trinajstić information content (AvgIpc) is 3.18. The van der Waals surface area contributed by atoms with E-state index in [1.54, 1.807) is 32.6 Å². The van der Waals surface area contributed by atoms with Gasteiger partial charge in [-0.3, -0.25) is 9.59 Å². The number of hydrogen-bond acceptors (Lipinski definition) is 4. The van der Waals surface area contributed by atoms with Crippen molar-refractivity contribution in [3.05, 3.63) is 76.8 Å². The van der Waals surface area contributed by atoms with E-state index in [1.807, 2.05) is 47.0 Å². The van der Waals surface area contributed by atoms with Crippen LogP contribution < -0.4 is 15.0 Å². The molecule has 7 nitrogen and oxygen atoms in total. The first-order valence-electron chi connectivity index (χ1n) is 9.52. The summed E-state index contributed by atoms with van der Waals surface area (Å²) in [7, 11) is 1.67. The molecule has 0 radical (unpaired) electrons. The van der Waals surface area contributed by atoms with Crippen LogP contribution in [0, 0.1) is 0 Å². The monoisotopic (exact) mass is 468 g/mol. The van der Waals surface area contributed by atoms with Crippen molar-refractivity contribution in [3.63, 3.8) is 0 Å². The Bertz CT molecular complexity index is 1080. The number of rotatable bonds is 4. The molecular formula is C22H21BrN4O3. The van der Waals surface area contributed by atoms with Gasteiger partial charge >= 0.3 is 0 Å². The minimum atomic E-state index is -0.840. The third kappa shape index (κ3) is 4.09. The molecule has 3 aromatic rings. The van der Waals surface area contributed by atoms with E-state index < -0.39 is 18.1 Å². The first kappa shape index (κ1) is 20.2. The quantitative estimate of drug-likeness (QED) is 0.637. The fraction of sp³-hybridized carbons (Fsp3) is 0.227. The highest BCUT2D eigenvalue weighted by molar-refractivity contribution is 9.10. The summed E-state index contributed by atoms with van der Waals surface area (Å²) in [6, 6.07) is 14.5. The van der Waals surface area contributed by atoms with Crippen LogP contribution in [0.2, 0.25) is 0 Å². The normalized spacial score (nSPS) is 18.4. The molecule has 0 fully saturated rings.